The highest BCUT2D eigenvalue weighted by Crippen LogP contribution is 2.10. The molecule has 0 saturated carbocycles. The van der Waals surface area contributed by atoms with Crippen molar-refractivity contribution in [2.45, 2.75) is 13.1 Å². The third-order valence-corrected chi connectivity index (χ3v) is 3.58. The second kappa shape index (κ2) is 5.99. The molecule has 2 heterocycles. The summed E-state index contributed by atoms with van der Waals surface area (Å²) < 4.78 is 5.01. The Hall–Kier alpha value is -1.65. The molecule has 4 nitrogen and oxygen atoms in total. The molecule has 1 aliphatic rings. The molecule has 0 aliphatic carbocycles. The van der Waals surface area contributed by atoms with Crippen molar-refractivity contribution in [1.82, 2.24) is 14.8 Å². The van der Waals surface area contributed by atoms with E-state index in [1.807, 2.05) is 0 Å². The average molecular weight is 257 g/mol. The summed E-state index contributed by atoms with van der Waals surface area (Å²) in [5.41, 5.74) is 2.42. The maximum Gasteiger partial charge on any atom is 0.180 e. The Labute approximate surface area is 113 Å². The minimum atomic E-state index is 0.898. The van der Waals surface area contributed by atoms with Crippen molar-refractivity contribution < 1.29 is 4.42 Å². The molecule has 0 atom stereocenters. The van der Waals surface area contributed by atoms with E-state index in [0.717, 1.165) is 45.0 Å². The monoisotopic (exact) mass is 257 g/mol. The Morgan fingerprint density at radius 1 is 0.947 bits per heavy atom. The summed E-state index contributed by atoms with van der Waals surface area (Å²) in [5.74, 6) is 0. The molecule has 0 amide bonds. The number of oxazole rings is 1. The molecule has 100 valence electrons. The van der Waals surface area contributed by atoms with Crippen LogP contribution in [0.2, 0.25) is 0 Å². The van der Waals surface area contributed by atoms with Crippen LogP contribution in [0.4, 0.5) is 0 Å². The third-order valence-electron chi connectivity index (χ3n) is 3.58. The molecule has 4 heteroatoms. The van der Waals surface area contributed by atoms with Crippen LogP contribution in [-0.4, -0.2) is 41.0 Å². The van der Waals surface area contributed by atoms with E-state index in [-0.39, 0.29) is 0 Å². The molecule has 0 radical (unpaired) electrons. The zero-order chi connectivity index (χ0) is 12.9. The molecule has 0 bridgehead atoms. The van der Waals surface area contributed by atoms with Gasteiger partial charge in [-0.05, 0) is 5.56 Å². The van der Waals surface area contributed by atoms with Crippen molar-refractivity contribution in [2.75, 3.05) is 26.2 Å². The van der Waals surface area contributed by atoms with Crippen LogP contribution < -0.4 is 0 Å². The van der Waals surface area contributed by atoms with E-state index in [1.54, 1.807) is 6.26 Å². The molecule has 2 aromatic rings. The number of piperazine rings is 1. The summed E-state index contributed by atoms with van der Waals surface area (Å²) >= 11 is 0. The zero-order valence-corrected chi connectivity index (χ0v) is 11.0. The van der Waals surface area contributed by atoms with Gasteiger partial charge in [0, 0.05) is 39.3 Å². The van der Waals surface area contributed by atoms with E-state index < -0.39 is 0 Å². The van der Waals surface area contributed by atoms with Gasteiger partial charge in [0.2, 0.25) is 0 Å². The predicted molar refractivity (Wildman–Crippen MR) is 73.5 cm³/mol. The molecular formula is C15H19N3O. The highest BCUT2D eigenvalue weighted by atomic mass is 16.3. The fourth-order valence-corrected chi connectivity index (χ4v) is 2.49. The lowest BCUT2D eigenvalue weighted by Gasteiger charge is -2.34. The van der Waals surface area contributed by atoms with Crippen LogP contribution in [0.5, 0.6) is 0 Å². The largest absolute Gasteiger partial charge is 0.451 e. The SMILES string of the molecule is c1ccc(CN2CCN(Cc3cocn3)CC2)cc1. The number of nitrogens with zero attached hydrogens (tertiary/aromatic N) is 3. The Bertz CT molecular complexity index is 475. The Balaban J connectivity index is 1.47. The highest BCUT2D eigenvalue weighted by molar-refractivity contribution is 5.14. The Morgan fingerprint density at radius 2 is 1.63 bits per heavy atom. The van der Waals surface area contributed by atoms with E-state index >= 15 is 0 Å². The summed E-state index contributed by atoms with van der Waals surface area (Å²) in [6.07, 6.45) is 3.23. The number of hydrogen-bond acceptors (Lipinski definition) is 4. The first-order valence-electron chi connectivity index (χ1n) is 6.76. The third kappa shape index (κ3) is 3.43. The van der Waals surface area contributed by atoms with Crippen molar-refractivity contribution in [2.24, 2.45) is 0 Å². The summed E-state index contributed by atoms with van der Waals surface area (Å²) in [6, 6.07) is 10.7. The van der Waals surface area contributed by atoms with Gasteiger partial charge < -0.3 is 4.42 Å². The normalized spacial score (nSPS) is 17.7. The van der Waals surface area contributed by atoms with Gasteiger partial charge >= 0.3 is 0 Å². The van der Waals surface area contributed by atoms with Crippen LogP contribution in [0.15, 0.2) is 47.4 Å². The van der Waals surface area contributed by atoms with Gasteiger partial charge in [0.05, 0.1) is 5.69 Å². The molecule has 1 aromatic carbocycles. The molecule has 0 spiro atoms. The van der Waals surface area contributed by atoms with Crippen LogP contribution in [0.25, 0.3) is 0 Å². The van der Waals surface area contributed by atoms with Crippen LogP contribution in [0, 0.1) is 0 Å². The van der Waals surface area contributed by atoms with E-state index in [4.69, 9.17) is 4.42 Å². The van der Waals surface area contributed by atoms with Gasteiger partial charge in [-0.2, -0.15) is 0 Å². The van der Waals surface area contributed by atoms with Crippen LogP contribution in [-0.2, 0) is 13.1 Å². The topological polar surface area (TPSA) is 32.5 Å². The quantitative estimate of drug-likeness (QED) is 0.838. The van der Waals surface area contributed by atoms with Crippen molar-refractivity contribution >= 4 is 0 Å². The molecular weight excluding hydrogens is 238 g/mol. The van der Waals surface area contributed by atoms with Gasteiger partial charge in [-0.3, -0.25) is 9.80 Å². The first-order chi connectivity index (χ1) is 9.40. The molecule has 0 unspecified atom stereocenters. The van der Waals surface area contributed by atoms with E-state index in [2.05, 4.69) is 45.1 Å². The predicted octanol–water partition coefficient (Wildman–Crippen LogP) is 1.99. The molecule has 1 fully saturated rings. The van der Waals surface area contributed by atoms with Crippen LogP contribution in [0.1, 0.15) is 11.3 Å². The van der Waals surface area contributed by atoms with Crippen LogP contribution in [0.3, 0.4) is 0 Å². The van der Waals surface area contributed by atoms with Crippen LogP contribution >= 0.6 is 0 Å². The molecule has 3 rings (SSSR count). The first kappa shape index (κ1) is 12.4. The van der Waals surface area contributed by atoms with Gasteiger partial charge in [0.15, 0.2) is 6.39 Å². The summed E-state index contributed by atoms with van der Waals surface area (Å²) in [4.78, 5) is 9.11. The molecule has 0 N–H and O–H groups in total. The molecule has 19 heavy (non-hydrogen) atoms. The summed E-state index contributed by atoms with van der Waals surface area (Å²) in [6.45, 7) is 6.38. The van der Waals surface area contributed by atoms with Gasteiger partial charge in [-0.1, -0.05) is 30.3 Å². The Kier molecular flexibility index (Phi) is 3.91. The number of rotatable bonds is 4. The van der Waals surface area contributed by atoms with Gasteiger partial charge in [0.25, 0.3) is 0 Å². The second-order valence-corrected chi connectivity index (χ2v) is 5.02. The van der Waals surface area contributed by atoms with Gasteiger partial charge in [-0.15, -0.1) is 0 Å². The zero-order valence-electron chi connectivity index (χ0n) is 11.0. The Morgan fingerprint density at radius 3 is 2.26 bits per heavy atom. The standard InChI is InChI=1S/C15H19N3O/c1-2-4-14(5-3-1)10-17-6-8-18(9-7-17)11-15-12-19-13-16-15/h1-5,12-13H,6-11H2. The maximum absolute atomic E-state index is 5.01. The summed E-state index contributed by atoms with van der Waals surface area (Å²) in [7, 11) is 0. The fourth-order valence-electron chi connectivity index (χ4n) is 2.49. The molecule has 1 saturated heterocycles. The second-order valence-electron chi connectivity index (χ2n) is 5.02. The van der Waals surface area contributed by atoms with E-state index in [0.29, 0.717) is 0 Å². The molecule has 1 aromatic heterocycles. The van der Waals surface area contributed by atoms with Crippen molar-refractivity contribution in [1.29, 1.82) is 0 Å². The molecule has 1 aliphatic heterocycles. The minimum Gasteiger partial charge on any atom is -0.451 e. The summed E-state index contributed by atoms with van der Waals surface area (Å²) in [5, 5.41) is 0. The lowest BCUT2D eigenvalue weighted by Crippen LogP contribution is -2.45. The van der Waals surface area contributed by atoms with Gasteiger partial charge in [-0.25, -0.2) is 4.98 Å². The van der Waals surface area contributed by atoms with Crippen molar-refractivity contribution in [3.05, 3.63) is 54.2 Å². The van der Waals surface area contributed by atoms with Gasteiger partial charge in [0.1, 0.15) is 6.26 Å². The fraction of sp³-hybridized carbons (Fsp3) is 0.400. The average Bonchev–Trinajstić information content (AvgIpc) is 2.95. The van der Waals surface area contributed by atoms with Crippen molar-refractivity contribution in [3.63, 3.8) is 0 Å². The first-order valence-corrected chi connectivity index (χ1v) is 6.76. The van der Waals surface area contributed by atoms with E-state index in [1.165, 1.54) is 12.0 Å². The van der Waals surface area contributed by atoms with E-state index in [9.17, 15) is 0 Å². The number of benzene rings is 1. The maximum atomic E-state index is 5.01. The lowest BCUT2D eigenvalue weighted by atomic mass is 10.2. The number of aromatic nitrogens is 1. The van der Waals surface area contributed by atoms with Crippen molar-refractivity contribution in [3.8, 4) is 0 Å². The number of hydrogen-bond donors (Lipinski definition) is 0. The lowest BCUT2D eigenvalue weighted by molar-refractivity contribution is 0.121. The smallest absolute Gasteiger partial charge is 0.180 e. The highest BCUT2D eigenvalue weighted by Gasteiger charge is 2.17. The minimum absolute atomic E-state index is 0.898.